The maximum absolute atomic E-state index is 12.2. The molecule has 6 nitrogen and oxygen atoms in total. The molecule has 0 spiro atoms. The summed E-state index contributed by atoms with van der Waals surface area (Å²) in [5.41, 5.74) is 3.45. The quantitative estimate of drug-likeness (QED) is 0.640. The molecule has 0 unspecified atom stereocenters. The minimum atomic E-state index is 0.357. The summed E-state index contributed by atoms with van der Waals surface area (Å²) in [6, 6.07) is 3.82. The first kappa shape index (κ1) is 12.6. The van der Waals surface area contributed by atoms with Crippen molar-refractivity contribution in [2.45, 2.75) is 38.5 Å². The van der Waals surface area contributed by atoms with E-state index in [0.717, 1.165) is 49.9 Å². The average molecular weight is 287 g/mol. The van der Waals surface area contributed by atoms with Crippen molar-refractivity contribution < 1.29 is 9.75 Å². The lowest BCUT2D eigenvalue weighted by Crippen LogP contribution is -2.36. The van der Waals surface area contributed by atoms with Crippen molar-refractivity contribution in [1.82, 2.24) is 9.83 Å². The highest BCUT2D eigenvalue weighted by Gasteiger charge is 2.26. The van der Waals surface area contributed by atoms with E-state index in [0.29, 0.717) is 21.5 Å². The van der Waals surface area contributed by atoms with Gasteiger partial charge in [-0.3, -0.25) is 0 Å². The number of hydrogen-bond acceptors (Lipinski definition) is 4. The Hall–Kier alpha value is -2.11. The summed E-state index contributed by atoms with van der Waals surface area (Å²) in [5, 5.41) is 14.6. The summed E-state index contributed by atoms with van der Waals surface area (Å²) in [6.45, 7) is 1.67. The molecule has 1 fully saturated rings. The fourth-order valence-electron chi connectivity index (χ4n) is 3.50. The molecule has 0 amide bonds. The number of anilines is 1. The standard InChI is InChI=1S/C15H19N4O2/c20-18-13-9-11-5-4-6-12(11)10-14(13)19(21)16-15(18)17-7-2-1-3-8-17/h9-10,20H,1-8H2/q+1. The number of aryl methyl sites for hydroxylation is 2. The molecule has 21 heavy (non-hydrogen) atoms. The number of piperidine rings is 1. The van der Waals surface area contributed by atoms with Gasteiger partial charge in [0.15, 0.2) is 10.1 Å². The van der Waals surface area contributed by atoms with Gasteiger partial charge in [-0.2, -0.15) is 0 Å². The van der Waals surface area contributed by atoms with Crippen molar-refractivity contribution in [2.24, 2.45) is 0 Å². The monoisotopic (exact) mass is 287 g/mol. The zero-order valence-corrected chi connectivity index (χ0v) is 12.0. The molecule has 1 N–H and O–H groups in total. The van der Waals surface area contributed by atoms with Crippen molar-refractivity contribution in [3.05, 3.63) is 28.2 Å². The van der Waals surface area contributed by atoms with Gasteiger partial charge in [-0.1, -0.05) is 0 Å². The summed E-state index contributed by atoms with van der Waals surface area (Å²) in [7, 11) is 0. The summed E-state index contributed by atoms with van der Waals surface area (Å²) in [6.07, 6.45) is 6.48. The van der Waals surface area contributed by atoms with Gasteiger partial charge in [-0.15, -0.1) is 4.73 Å². The second kappa shape index (κ2) is 4.72. The van der Waals surface area contributed by atoms with Crippen molar-refractivity contribution in [3.63, 3.8) is 0 Å². The van der Waals surface area contributed by atoms with E-state index in [9.17, 15) is 10.1 Å². The van der Waals surface area contributed by atoms with Crippen LogP contribution in [0.4, 0.5) is 5.95 Å². The third kappa shape index (κ3) is 1.97. The first-order valence-electron chi connectivity index (χ1n) is 7.69. The molecule has 0 radical (unpaired) electrons. The zero-order valence-electron chi connectivity index (χ0n) is 12.0. The second-order valence-corrected chi connectivity index (χ2v) is 6.00. The maximum atomic E-state index is 12.2. The van der Waals surface area contributed by atoms with E-state index >= 15 is 0 Å². The number of hydrogen-bond donors (Lipinski definition) is 1. The van der Waals surface area contributed by atoms with Crippen molar-refractivity contribution in [1.29, 1.82) is 0 Å². The van der Waals surface area contributed by atoms with Crippen LogP contribution in [-0.4, -0.2) is 28.1 Å². The Labute approximate surface area is 122 Å². The van der Waals surface area contributed by atoms with Crippen LogP contribution in [0.3, 0.4) is 0 Å². The third-order valence-corrected chi connectivity index (χ3v) is 4.63. The molecule has 1 aliphatic heterocycles. The van der Waals surface area contributed by atoms with E-state index in [1.807, 2.05) is 17.0 Å². The Bertz CT molecular complexity index is 762. The van der Waals surface area contributed by atoms with Gasteiger partial charge < -0.3 is 10.1 Å². The molecular formula is C15H19N4O2+. The number of rotatable bonds is 1. The van der Waals surface area contributed by atoms with Crippen LogP contribution in [0.5, 0.6) is 0 Å². The molecule has 1 saturated heterocycles. The topological polar surface area (TPSA) is 64.3 Å². The Morgan fingerprint density at radius 2 is 1.76 bits per heavy atom. The first-order valence-corrected chi connectivity index (χ1v) is 7.69. The first-order chi connectivity index (χ1) is 10.2. The van der Waals surface area contributed by atoms with Crippen LogP contribution in [0, 0.1) is 4.91 Å². The molecule has 4 rings (SSSR count). The molecule has 2 heterocycles. The van der Waals surface area contributed by atoms with E-state index in [4.69, 9.17) is 0 Å². The van der Waals surface area contributed by atoms with Crippen LogP contribution < -0.4 is 9.44 Å². The summed E-state index contributed by atoms with van der Waals surface area (Å²) < 4.78 is 1.75. The Kier molecular flexibility index (Phi) is 2.83. The predicted molar refractivity (Wildman–Crippen MR) is 78.4 cm³/mol. The largest absolute Gasteiger partial charge is 0.425 e. The fourth-order valence-corrected chi connectivity index (χ4v) is 3.50. The molecule has 1 aromatic carbocycles. The van der Waals surface area contributed by atoms with Crippen LogP contribution in [0.2, 0.25) is 0 Å². The number of nitrogens with zero attached hydrogens (tertiary/aromatic N) is 4. The second-order valence-electron chi connectivity index (χ2n) is 6.00. The van der Waals surface area contributed by atoms with Gasteiger partial charge in [0.1, 0.15) is 0 Å². The molecule has 0 bridgehead atoms. The Morgan fingerprint density at radius 3 is 2.52 bits per heavy atom. The summed E-state index contributed by atoms with van der Waals surface area (Å²) >= 11 is 0. The van der Waals surface area contributed by atoms with Crippen molar-refractivity contribution in [2.75, 3.05) is 18.0 Å². The Balaban J connectivity index is 1.92. The highest BCUT2D eigenvalue weighted by Crippen LogP contribution is 2.27. The van der Waals surface area contributed by atoms with E-state index in [-0.39, 0.29) is 0 Å². The highest BCUT2D eigenvalue weighted by atomic mass is 16.5. The zero-order chi connectivity index (χ0) is 14.4. The third-order valence-electron chi connectivity index (χ3n) is 4.63. The molecule has 1 aliphatic carbocycles. The van der Waals surface area contributed by atoms with Crippen LogP contribution in [0.1, 0.15) is 36.8 Å². The van der Waals surface area contributed by atoms with Gasteiger partial charge in [0, 0.05) is 19.2 Å². The molecule has 0 saturated carbocycles. The molecule has 6 heteroatoms. The van der Waals surface area contributed by atoms with E-state index in [2.05, 4.69) is 5.10 Å². The van der Waals surface area contributed by atoms with Gasteiger partial charge in [-0.25, -0.2) is 0 Å². The van der Waals surface area contributed by atoms with E-state index in [1.54, 1.807) is 0 Å². The van der Waals surface area contributed by atoms with Crippen LogP contribution in [0.15, 0.2) is 12.1 Å². The molecule has 110 valence electrons. The molecule has 1 aromatic heterocycles. The van der Waals surface area contributed by atoms with Crippen molar-refractivity contribution in [3.8, 4) is 0 Å². The SMILES string of the molecule is O=[n+]1nc(N2CCCCC2)n(O)c2cc3c(cc21)CCC3. The normalized spacial score (nSPS) is 18.2. The lowest BCUT2D eigenvalue weighted by molar-refractivity contribution is -0.536. The minimum absolute atomic E-state index is 0.357. The van der Waals surface area contributed by atoms with Gasteiger partial charge in [0.05, 0.1) is 10.0 Å². The smallest absolute Gasteiger partial charge is 0.322 e. The molecule has 2 aromatic rings. The van der Waals surface area contributed by atoms with Crippen LogP contribution in [-0.2, 0) is 12.8 Å². The van der Waals surface area contributed by atoms with E-state index in [1.165, 1.54) is 17.5 Å². The maximum Gasteiger partial charge on any atom is 0.322 e. The predicted octanol–water partition coefficient (Wildman–Crippen LogP) is 1.67. The fraction of sp³-hybridized carbons (Fsp3) is 0.533. The summed E-state index contributed by atoms with van der Waals surface area (Å²) in [4.78, 5) is 14.2. The number of benzene rings is 1. The van der Waals surface area contributed by atoms with E-state index < -0.39 is 0 Å². The Morgan fingerprint density at radius 1 is 1.05 bits per heavy atom. The lowest BCUT2D eigenvalue weighted by Gasteiger charge is -2.26. The van der Waals surface area contributed by atoms with Crippen molar-refractivity contribution >= 4 is 17.0 Å². The van der Waals surface area contributed by atoms with Gasteiger partial charge in [0.25, 0.3) is 0 Å². The number of aromatic nitrogens is 3. The summed E-state index contributed by atoms with van der Waals surface area (Å²) in [5.74, 6) is 0.357. The lowest BCUT2D eigenvalue weighted by atomic mass is 10.1. The van der Waals surface area contributed by atoms with Crippen LogP contribution in [0.25, 0.3) is 11.0 Å². The number of fused-ring (bicyclic) bond motifs is 2. The molecular weight excluding hydrogens is 268 g/mol. The minimum Gasteiger partial charge on any atom is -0.425 e. The van der Waals surface area contributed by atoms with Gasteiger partial charge >= 0.3 is 11.5 Å². The van der Waals surface area contributed by atoms with Gasteiger partial charge in [-0.05, 0) is 55.7 Å². The van der Waals surface area contributed by atoms with Gasteiger partial charge in [0.2, 0.25) is 0 Å². The molecule has 0 atom stereocenters. The average Bonchev–Trinajstić information content (AvgIpc) is 2.97. The van der Waals surface area contributed by atoms with Crippen LogP contribution >= 0.6 is 0 Å². The highest BCUT2D eigenvalue weighted by molar-refractivity contribution is 5.75. The molecule has 2 aliphatic rings.